The number of ether oxygens (including phenoxy) is 1. The third kappa shape index (κ3) is 12.6. The highest BCUT2D eigenvalue weighted by Gasteiger charge is 2.22. The number of hydrogen-bond acceptors (Lipinski definition) is 9. The number of thioether (sulfide) groups is 1. The van der Waals surface area contributed by atoms with Gasteiger partial charge in [0.15, 0.2) is 0 Å². The predicted octanol–water partition coefficient (Wildman–Crippen LogP) is 8.12. The number of rotatable bonds is 18. The minimum absolute atomic E-state index is 0.0675. The molecular formula is C43H51N6O3PS2. The summed E-state index contributed by atoms with van der Waals surface area (Å²) in [5, 5.41) is 7.49. The maximum Gasteiger partial charge on any atom is 0.261 e. The number of carbonyl (C=O) groups excluding carboxylic acids is 2. The highest BCUT2D eigenvalue weighted by atomic mass is 32.2. The van der Waals surface area contributed by atoms with E-state index in [0.717, 1.165) is 88.5 Å². The number of nitrogens with zero attached hydrogens (tertiary/aromatic N) is 2. The first-order valence-corrected chi connectivity index (χ1v) is 21.0. The Labute approximate surface area is 336 Å². The van der Waals surface area contributed by atoms with Gasteiger partial charge in [0, 0.05) is 77.8 Å². The molecule has 0 aliphatic carbocycles. The van der Waals surface area contributed by atoms with E-state index < -0.39 is 0 Å². The Kier molecular flexibility index (Phi) is 16.0. The quantitative estimate of drug-likeness (QED) is 0.0261. The molecule has 2 amide bonds. The van der Waals surface area contributed by atoms with Gasteiger partial charge >= 0.3 is 0 Å². The number of benzene rings is 4. The van der Waals surface area contributed by atoms with Crippen LogP contribution in [-0.2, 0) is 4.79 Å². The van der Waals surface area contributed by atoms with Crippen LogP contribution in [0.3, 0.4) is 0 Å². The Morgan fingerprint density at radius 3 is 2.35 bits per heavy atom. The molecule has 0 spiro atoms. The van der Waals surface area contributed by atoms with Crippen LogP contribution in [0.15, 0.2) is 127 Å². The van der Waals surface area contributed by atoms with Crippen LogP contribution in [0.25, 0.3) is 0 Å². The fourth-order valence-corrected chi connectivity index (χ4v) is 7.42. The lowest BCUT2D eigenvalue weighted by molar-refractivity contribution is -0.117. The average molecular weight is 795 g/mol. The normalized spacial score (nSPS) is 13.5. The first-order chi connectivity index (χ1) is 26.7. The molecule has 5 rings (SSSR count). The van der Waals surface area contributed by atoms with Gasteiger partial charge in [0.25, 0.3) is 5.91 Å². The van der Waals surface area contributed by atoms with E-state index in [1.807, 2.05) is 117 Å². The van der Waals surface area contributed by atoms with Gasteiger partial charge in [0.2, 0.25) is 5.91 Å². The molecule has 9 nitrogen and oxygen atoms in total. The number of amides is 2. The van der Waals surface area contributed by atoms with Crippen molar-refractivity contribution in [3.8, 4) is 5.75 Å². The molecule has 1 aliphatic heterocycles. The zero-order valence-electron chi connectivity index (χ0n) is 31.5. The molecule has 0 aromatic heterocycles. The molecule has 0 bridgehead atoms. The van der Waals surface area contributed by atoms with Gasteiger partial charge in [0.1, 0.15) is 5.75 Å². The number of nitrogens with one attached hydrogen (secondary N) is 3. The Morgan fingerprint density at radius 2 is 1.65 bits per heavy atom. The summed E-state index contributed by atoms with van der Waals surface area (Å²) in [6, 6.07) is 27.3. The van der Waals surface area contributed by atoms with Crippen molar-refractivity contribution in [1.82, 2.24) is 4.72 Å². The smallest absolute Gasteiger partial charge is 0.261 e. The summed E-state index contributed by atoms with van der Waals surface area (Å²) in [7, 11) is 2.65. The molecule has 2 atom stereocenters. The Morgan fingerprint density at radius 1 is 0.927 bits per heavy atom. The third-order valence-corrected chi connectivity index (χ3v) is 11.1. The van der Waals surface area contributed by atoms with E-state index in [1.165, 1.54) is 11.9 Å². The van der Waals surface area contributed by atoms with E-state index in [9.17, 15) is 9.59 Å². The second-order valence-corrected chi connectivity index (χ2v) is 15.6. The number of allylic oxidation sites excluding steroid dienone is 4. The van der Waals surface area contributed by atoms with E-state index >= 15 is 0 Å². The van der Waals surface area contributed by atoms with E-state index in [-0.39, 0.29) is 17.7 Å². The van der Waals surface area contributed by atoms with Crippen molar-refractivity contribution in [2.45, 2.75) is 24.7 Å². The number of carbonyl (C=O) groups is 2. The van der Waals surface area contributed by atoms with Gasteiger partial charge in [-0.15, -0.1) is 9.24 Å². The van der Waals surface area contributed by atoms with Crippen molar-refractivity contribution in [3.05, 3.63) is 133 Å². The molecule has 1 heterocycles. The average Bonchev–Trinajstić information content (AvgIpc) is 3.20. The molecule has 0 radical (unpaired) electrons. The van der Waals surface area contributed by atoms with Crippen molar-refractivity contribution < 1.29 is 14.3 Å². The summed E-state index contributed by atoms with van der Waals surface area (Å²) in [6.45, 7) is 12.1. The van der Waals surface area contributed by atoms with Crippen LogP contribution in [0.2, 0.25) is 0 Å². The van der Waals surface area contributed by atoms with Crippen molar-refractivity contribution in [1.29, 1.82) is 0 Å². The number of piperazine rings is 1. The zero-order valence-corrected chi connectivity index (χ0v) is 34.3. The molecule has 1 aliphatic rings. The lowest BCUT2D eigenvalue weighted by Crippen LogP contribution is -2.46. The van der Waals surface area contributed by atoms with Crippen LogP contribution >= 0.6 is 32.9 Å². The summed E-state index contributed by atoms with van der Waals surface area (Å²) in [6.07, 6.45) is 9.77. The number of hydrogen-bond donors (Lipinski definition) is 4. The minimum atomic E-state index is -0.366. The van der Waals surface area contributed by atoms with Crippen LogP contribution < -0.4 is 40.9 Å². The standard InChI is InChI=1S/C43H51N6O3PS2/c1-4-6-7-8-9-25-54-26-20-45-41-19-18-39(30-40(41)44)55-47-43(51)32-10-14-35(15-11-32)48-21-23-49(24-22-48)36-27-33(28-37(29-36)52-5-2)31(3)42(50)46-34-12-16-38(53)17-13-34/h4,6-19,27-31,45H,1,5,20-26,44,53H2,2-3H3,(H,46,50)(H,47,51)/b7-6-,9-8-. The van der Waals surface area contributed by atoms with E-state index in [2.05, 4.69) is 59.2 Å². The molecule has 12 heteroatoms. The van der Waals surface area contributed by atoms with Crippen molar-refractivity contribution in [2.24, 2.45) is 0 Å². The summed E-state index contributed by atoms with van der Waals surface area (Å²) in [5.41, 5.74) is 12.2. The second-order valence-electron chi connectivity index (χ2n) is 12.9. The first-order valence-electron chi connectivity index (χ1n) is 18.4. The summed E-state index contributed by atoms with van der Waals surface area (Å²) in [5.74, 6) is 2.06. The Bertz CT molecular complexity index is 1950. The van der Waals surface area contributed by atoms with Gasteiger partial charge in [-0.05, 0) is 103 Å². The van der Waals surface area contributed by atoms with Crippen LogP contribution in [0.1, 0.15) is 35.7 Å². The summed E-state index contributed by atoms with van der Waals surface area (Å²) < 4.78 is 8.87. The van der Waals surface area contributed by atoms with Gasteiger partial charge in [-0.2, -0.15) is 11.8 Å². The Hall–Kier alpha value is -4.83. The second kappa shape index (κ2) is 21.3. The summed E-state index contributed by atoms with van der Waals surface area (Å²) >= 11 is 3.09. The number of nitrogens with two attached hydrogens (primary N) is 1. The third-order valence-electron chi connectivity index (χ3n) is 8.99. The molecule has 55 heavy (non-hydrogen) atoms. The molecule has 5 N–H and O–H groups in total. The first kappa shape index (κ1) is 41.3. The lowest BCUT2D eigenvalue weighted by atomic mass is 9.98. The molecule has 0 saturated carbocycles. The number of anilines is 5. The van der Waals surface area contributed by atoms with E-state index in [1.54, 1.807) is 6.08 Å². The van der Waals surface area contributed by atoms with Gasteiger partial charge in [0.05, 0.1) is 23.9 Å². The van der Waals surface area contributed by atoms with Crippen LogP contribution in [0.5, 0.6) is 5.75 Å². The Balaban J connectivity index is 1.09. The highest BCUT2D eigenvalue weighted by molar-refractivity contribution is 7.99. The predicted molar refractivity (Wildman–Crippen MR) is 240 cm³/mol. The van der Waals surface area contributed by atoms with Crippen molar-refractivity contribution in [3.63, 3.8) is 0 Å². The van der Waals surface area contributed by atoms with Gasteiger partial charge in [-0.25, -0.2) is 0 Å². The topological polar surface area (TPSA) is 112 Å². The largest absolute Gasteiger partial charge is 0.494 e. The van der Waals surface area contributed by atoms with Gasteiger partial charge in [-0.3, -0.25) is 14.3 Å². The molecule has 4 aromatic carbocycles. The van der Waals surface area contributed by atoms with Crippen molar-refractivity contribution in [2.75, 3.05) is 77.0 Å². The van der Waals surface area contributed by atoms with Gasteiger partial charge in [-0.1, -0.05) is 49.1 Å². The van der Waals surface area contributed by atoms with E-state index in [4.69, 9.17) is 10.5 Å². The van der Waals surface area contributed by atoms with Gasteiger partial charge < -0.3 is 30.9 Å². The zero-order chi connectivity index (χ0) is 39.0. The fourth-order valence-electron chi connectivity index (χ4n) is 5.92. The van der Waals surface area contributed by atoms with Crippen LogP contribution in [0, 0.1) is 0 Å². The number of nitrogen functional groups attached to an aromatic ring is 1. The molecule has 1 fully saturated rings. The fraction of sp³-hybridized carbons (Fsp3) is 0.256. The van der Waals surface area contributed by atoms with Crippen molar-refractivity contribution >= 4 is 78.5 Å². The molecule has 4 aromatic rings. The highest BCUT2D eigenvalue weighted by Crippen LogP contribution is 2.31. The molecule has 1 saturated heterocycles. The van der Waals surface area contributed by atoms with Crippen LogP contribution in [0.4, 0.5) is 28.4 Å². The molecule has 2 unspecified atom stereocenters. The minimum Gasteiger partial charge on any atom is -0.494 e. The molecular weight excluding hydrogens is 744 g/mol. The van der Waals surface area contributed by atoms with Crippen LogP contribution in [-0.4, -0.2) is 62.7 Å². The summed E-state index contributed by atoms with van der Waals surface area (Å²) in [4.78, 5) is 31.7. The monoisotopic (exact) mass is 794 g/mol. The molecule has 288 valence electrons. The maximum absolute atomic E-state index is 13.2. The van der Waals surface area contributed by atoms with E-state index in [0.29, 0.717) is 17.9 Å². The SMILES string of the molecule is C=C/C=C\C=C/CSCCNc1ccc(SNC(=O)c2ccc(N3CCN(c4cc(OCC)cc(C(C)C(=O)Nc5ccc(P)cc5)c4)CC3)cc2)cc1N. The maximum atomic E-state index is 13.2. The lowest BCUT2D eigenvalue weighted by Gasteiger charge is -2.37.